The molecule has 8 nitrogen and oxygen atoms in total. The topological polar surface area (TPSA) is 113 Å². The number of benzene rings is 2. The van der Waals surface area contributed by atoms with Crippen molar-refractivity contribution < 1.29 is 24.0 Å². The Labute approximate surface area is 204 Å². The molecule has 35 heavy (non-hydrogen) atoms. The van der Waals surface area contributed by atoms with Crippen LogP contribution in [-0.2, 0) is 32.9 Å². The first-order valence-corrected chi connectivity index (χ1v) is 11.7. The molecular formula is C27H29N3O5. The van der Waals surface area contributed by atoms with E-state index < -0.39 is 23.6 Å². The molecule has 8 heteroatoms. The fraction of sp³-hybridized carbons (Fsp3) is 0.370. The summed E-state index contributed by atoms with van der Waals surface area (Å²) in [6.07, 6.45) is 0.492. The lowest BCUT2D eigenvalue weighted by Gasteiger charge is -2.29. The first kappa shape index (κ1) is 24.3. The number of Topliss-reactive ketones (excluding diaryl/α,β-unsaturated/α-hetero) is 1. The summed E-state index contributed by atoms with van der Waals surface area (Å²) in [7, 11) is 0. The number of aryl methyl sites for hydroxylation is 1. The summed E-state index contributed by atoms with van der Waals surface area (Å²) in [5.41, 5.74) is 4.33. The van der Waals surface area contributed by atoms with Gasteiger partial charge >= 0.3 is 0 Å². The Bertz CT molecular complexity index is 1260. The highest BCUT2D eigenvalue weighted by molar-refractivity contribution is 6.42. The molecule has 4 amide bonds. The molecule has 1 atom stereocenters. The lowest BCUT2D eigenvalue weighted by Crippen LogP contribution is -2.52. The fourth-order valence-electron chi connectivity index (χ4n) is 4.78. The van der Waals surface area contributed by atoms with Crippen molar-refractivity contribution in [3.63, 3.8) is 0 Å². The van der Waals surface area contributed by atoms with E-state index in [1.54, 1.807) is 30.3 Å². The quantitative estimate of drug-likeness (QED) is 0.392. The van der Waals surface area contributed by atoms with Crippen molar-refractivity contribution in [3.05, 3.63) is 69.8 Å². The minimum atomic E-state index is -0.699. The maximum atomic E-state index is 12.8. The van der Waals surface area contributed by atoms with Gasteiger partial charge in [0.25, 0.3) is 11.8 Å². The first-order chi connectivity index (χ1) is 16.5. The van der Waals surface area contributed by atoms with Crippen LogP contribution in [0.15, 0.2) is 36.4 Å². The maximum Gasteiger partial charge on any atom is 0.292 e. The number of piperidine rings is 1. The van der Waals surface area contributed by atoms with Crippen molar-refractivity contribution in [2.24, 2.45) is 0 Å². The predicted molar refractivity (Wildman–Crippen MR) is 129 cm³/mol. The third-order valence-corrected chi connectivity index (χ3v) is 6.54. The summed E-state index contributed by atoms with van der Waals surface area (Å²) in [5, 5.41) is 4.95. The molecular weight excluding hydrogens is 446 g/mol. The van der Waals surface area contributed by atoms with Gasteiger partial charge < -0.3 is 10.2 Å². The fourth-order valence-corrected chi connectivity index (χ4v) is 4.78. The van der Waals surface area contributed by atoms with E-state index in [0.717, 1.165) is 22.3 Å². The van der Waals surface area contributed by atoms with Crippen molar-refractivity contribution in [1.82, 2.24) is 15.5 Å². The van der Waals surface area contributed by atoms with Gasteiger partial charge in [0.2, 0.25) is 17.6 Å². The zero-order valence-electron chi connectivity index (χ0n) is 20.4. The second-order valence-corrected chi connectivity index (χ2v) is 10.2. The molecule has 0 saturated carbocycles. The summed E-state index contributed by atoms with van der Waals surface area (Å²) in [6, 6.07) is 9.82. The van der Waals surface area contributed by atoms with Gasteiger partial charge in [-0.05, 0) is 53.1 Å². The summed E-state index contributed by atoms with van der Waals surface area (Å²) < 4.78 is 0. The average molecular weight is 476 g/mol. The normalized spacial score (nSPS) is 17.8. The molecule has 2 aromatic carbocycles. The zero-order valence-corrected chi connectivity index (χ0v) is 20.4. The van der Waals surface area contributed by atoms with Crippen LogP contribution in [0.4, 0.5) is 0 Å². The van der Waals surface area contributed by atoms with E-state index in [0.29, 0.717) is 17.5 Å². The molecule has 2 aliphatic rings. The van der Waals surface area contributed by atoms with Crippen LogP contribution in [0.3, 0.4) is 0 Å². The highest BCUT2D eigenvalue weighted by Gasteiger charge is 2.39. The summed E-state index contributed by atoms with van der Waals surface area (Å²) in [5.74, 6) is -2.35. The van der Waals surface area contributed by atoms with Crippen LogP contribution in [0.5, 0.6) is 0 Å². The van der Waals surface area contributed by atoms with Crippen LogP contribution in [0, 0.1) is 6.92 Å². The molecule has 0 aromatic heterocycles. The number of nitrogens with one attached hydrogen (secondary N) is 2. The molecule has 0 aliphatic carbocycles. The van der Waals surface area contributed by atoms with Crippen LogP contribution in [0.2, 0.25) is 0 Å². The van der Waals surface area contributed by atoms with E-state index in [1.165, 1.54) is 4.90 Å². The third-order valence-electron chi connectivity index (χ3n) is 6.54. The summed E-state index contributed by atoms with van der Waals surface area (Å²) in [6.45, 7) is 8.59. The molecule has 2 aromatic rings. The lowest BCUT2D eigenvalue weighted by atomic mass is 9.83. The number of hydrogen-bond acceptors (Lipinski definition) is 5. The maximum absolute atomic E-state index is 12.8. The molecule has 182 valence electrons. The minimum Gasteiger partial charge on any atom is -0.345 e. The number of rotatable bonds is 5. The van der Waals surface area contributed by atoms with Crippen LogP contribution < -0.4 is 10.6 Å². The van der Waals surface area contributed by atoms with Crippen molar-refractivity contribution in [1.29, 1.82) is 0 Å². The Morgan fingerprint density at radius 2 is 1.83 bits per heavy atom. The van der Waals surface area contributed by atoms with Gasteiger partial charge in [0.1, 0.15) is 6.04 Å². The number of hydrogen-bond donors (Lipinski definition) is 2. The van der Waals surface area contributed by atoms with Crippen LogP contribution in [0.25, 0.3) is 0 Å². The van der Waals surface area contributed by atoms with Gasteiger partial charge in [-0.1, -0.05) is 45.0 Å². The van der Waals surface area contributed by atoms with Crippen LogP contribution in [0.1, 0.15) is 76.6 Å². The molecule has 1 unspecified atom stereocenters. The molecule has 1 fully saturated rings. The second kappa shape index (κ2) is 9.09. The van der Waals surface area contributed by atoms with E-state index in [2.05, 4.69) is 31.4 Å². The Kier molecular flexibility index (Phi) is 6.32. The molecule has 2 aliphatic heterocycles. The minimum absolute atomic E-state index is 0.0589. The second-order valence-electron chi connectivity index (χ2n) is 10.2. The lowest BCUT2D eigenvalue weighted by molar-refractivity contribution is -0.137. The number of fused-ring (bicyclic) bond motifs is 1. The SMILES string of the molecule is Cc1cc(C(=O)C(=O)NCc2ccc3c(c2)CN(C2CCC(=O)NC2=O)C3=O)ccc1C(C)(C)C. The Balaban J connectivity index is 1.40. The van der Waals surface area contributed by atoms with Crippen LogP contribution in [-0.4, -0.2) is 40.4 Å². The molecule has 0 spiro atoms. The smallest absolute Gasteiger partial charge is 0.292 e. The molecule has 0 bridgehead atoms. The van der Waals surface area contributed by atoms with Crippen molar-refractivity contribution in [2.75, 3.05) is 0 Å². The highest BCUT2D eigenvalue weighted by atomic mass is 16.2. The van der Waals surface area contributed by atoms with Gasteiger partial charge in [0, 0.05) is 30.6 Å². The summed E-state index contributed by atoms with van der Waals surface area (Å²) in [4.78, 5) is 63.1. The van der Waals surface area contributed by atoms with Gasteiger partial charge in [-0.25, -0.2) is 0 Å². The van der Waals surface area contributed by atoms with Gasteiger partial charge in [-0.15, -0.1) is 0 Å². The molecule has 0 radical (unpaired) electrons. The van der Waals surface area contributed by atoms with E-state index >= 15 is 0 Å². The Morgan fingerprint density at radius 1 is 1.09 bits per heavy atom. The van der Waals surface area contributed by atoms with Gasteiger partial charge in [-0.3, -0.25) is 29.3 Å². The number of nitrogens with zero attached hydrogens (tertiary/aromatic N) is 1. The number of amides is 4. The number of imide groups is 1. The van der Waals surface area contributed by atoms with E-state index in [1.807, 2.05) is 13.0 Å². The van der Waals surface area contributed by atoms with Crippen LogP contribution >= 0.6 is 0 Å². The Morgan fingerprint density at radius 3 is 2.49 bits per heavy atom. The largest absolute Gasteiger partial charge is 0.345 e. The third kappa shape index (κ3) is 4.87. The molecule has 2 heterocycles. The monoisotopic (exact) mass is 475 g/mol. The zero-order chi connectivity index (χ0) is 25.5. The van der Waals surface area contributed by atoms with Crippen molar-refractivity contribution >= 4 is 29.4 Å². The van der Waals surface area contributed by atoms with Gasteiger partial charge in [0.05, 0.1) is 0 Å². The number of carbonyl (C=O) groups is 5. The van der Waals surface area contributed by atoms with Crippen molar-refractivity contribution in [2.45, 2.75) is 65.1 Å². The summed E-state index contributed by atoms with van der Waals surface area (Å²) >= 11 is 0. The Hall–Kier alpha value is -3.81. The molecule has 4 rings (SSSR count). The first-order valence-electron chi connectivity index (χ1n) is 11.7. The standard InChI is InChI=1S/C27H29N3O5/c1-15-11-17(6-8-20(15)27(2,3)4)23(32)25(34)28-13-16-5-7-19-18(12-16)14-30(26(19)35)21-9-10-22(31)29-24(21)33/h5-8,11-12,21H,9-10,13-14H2,1-4H3,(H,28,34)(H,29,31,33). The molecule has 2 N–H and O–H groups in total. The van der Waals surface area contributed by atoms with E-state index in [9.17, 15) is 24.0 Å². The highest BCUT2D eigenvalue weighted by Crippen LogP contribution is 2.28. The number of carbonyl (C=O) groups excluding carboxylic acids is 5. The van der Waals surface area contributed by atoms with E-state index in [-0.39, 0.29) is 36.7 Å². The van der Waals surface area contributed by atoms with Crippen molar-refractivity contribution in [3.8, 4) is 0 Å². The average Bonchev–Trinajstić information content (AvgIpc) is 3.11. The van der Waals surface area contributed by atoms with Gasteiger partial charge in [0.15, 0.2) is 0 Å². The predicted octanol–water partition coefficient (Wildman–Crippen LogP) is 2.55. The molecule has 1 saturated heterocycles. The number of ketones is 1. The van der Waals surface area contributed by atoms with E-state index in [4.69, 9.17) is 0 Å². The van der Waals surface area contributed by atoms with Gasteiger partial charge in [-0.2, -0.15) is 0 Å².